The van der Waals surface area contributed by atoms with Gasteiger partial charge in [-0.15, -0.1) is 0 Å². The van der Waals surface area contributed by atoms with Crippen LogP contribution in [0.1, 0.15) is 39.5 Å². The van der Waals surface area contributed by atoms with Gasteiger partial charge in [-0.25, -0.2) is 8.42 Å². The molecule has 2 heterocycles. The third-order valence-corrected chi connectivity index (χ3v) is 7.70. The van der Waals surface area contributed by atoms with Crippen molar-refractivity contribution in [2.75, 3.05) is 11.3 Å². The Kier molecular flexibility index (Phi) is 5.67. The molecule has 0 amide bonds. The molecule has 1 aromatic heterocycles. The number of para-hydroxylation sites is 1. The molecule has 1 saturated heterocycles. The van der Waals surface area contributed by atoms with E-state index in [-0.39, 0.29) is 16.4 Å². The number of ether oxygens (including phenoxy) is 2. The lowest BCUT2D eigenvalue weighted by atomic mass is 9.80. The van der Waals surface area contributed by atoms with Gasteiger partial charge in [-0.3, -0.25) is 4.72 Å². The van der Waals surface area contributed by atoms with Gasteiger partial charge in [-0.05, 0) is 42.3 Å². The van der Waals surface area contributed by atoms with E-state index < -0.39 is 16.3 Å². The standard InChI is InChI=1S/C27H29NO5S/c1-17(2)25-27(3,4)16-31-26(33-25)18-8-7-9-19(14-18)28-34(29,30)20-12-13-24-22(15-20)21-10-5-6-11-23(21)32-24/h5-15,17,25-26,28H,16H2,1-4H3. The van der Waals surface area contributed by atoms with Gasteiger partial charge in [0.1, 0.15) is 11.2 Å². The summed E-state index contributed by atoms with van der Waals surface area (Å²) in [6.07, 6.45) is -0.512. The molecular formula is C27H29NO5S. The van der Waals surface area contributed by atoms with E-state index in [0.29, 0.717) is 23.8 Å². The summed E-state index contributed by atoms with van der Waals surface area (Å²) in [6.45, 7) is 9.12. The van der Waals surface area contributed by atoms with E-state index >= 15 is 0 Å². The zero-order chi connectivity index (χ0) is 24.1. The van der Waals surface area contributed by atoms with Gasteiger partial charge in [0.05, 0.1) is 17.6 Å². The molecule has 1 fully saturated rings. The first kappa shape index (κ1) is 22.9. The largest absolute Gasteiger partial charge is 0.456 e. The third-order valence-electron chi connectivity index (χ3n) is 6.32. The number of furan rings is 1. The van der Waals surface area contributed by atoms with Crippen LogP contribution >= 0.6 is 0 Å². The molecule has 0 spiro atoms. The topological polar surface area (TPSA) is 77.8 Å². The molecule has 2 atom stereocenters. The van der Waals surface area contributed by atoms with Crippen LogP contribution in [0.3, 0.4) is 0 Å². The molecule has 0 saturated carbocycles. The number of fused-ring (bicyclic) bond motifs is 3. The van der Waals surface area contributed by atoms with Crippen molar-refractivity contribution in [3.05, 3.63) is 72.3 Å². The second kappa shape index (κ2) is 8.41. The van der Waals surface area contributed by atoms with Crippen LogP contribution in [0.2, 0.25) is 0 Å². The summed E-state index contributed by atoms with van der Waals surface area (Å²) in [4.78, 5) is 0.170. The second-order valence-electron chi connectivity index (χ2n) is 9.92. The van der Waals surface area contributed by atoms with Crippen LogP contribution in [-0.4, -0.2) is 21.1 Å². The molecule has 178 valence electrons. The molecule has 1 aliphatic rings. The lowest BCUT2D eigenvalue weighted by molar-refractivity contribution is -0.274. The number of nitrogens with one attached hydrogen (secondary N) is 1. The Morgan fingerprint density at radius 2 is 1.71 bits per heavy atom. The van der Waals surface area contributed by atoms with E-state index in [1.54, 1.807) is 36.4 Å². The zero-order valence-electron chi connectivity index (χ0n) is 19.7. The van der Waals surface area contributed by atoms with Gasteiger partial charge in [0.2, 0.25) is 0 Å². The van der Waals surface area contributed by atoms with E-state index in [1.165, 1.54) is 0 Å². The fraction of sp³-hybridized carbons (Fsp3) is 0.333. The van der Waals surface area contributed by atoms with E-state index in [4.69, 9.17) is 13.9 Å². The maximum Gasteiger partial charge on any atom is 0.261 e. The summed E-state index contributed by atoms with van der Waals surface area (Å²) in [5.41, 5.74) is 2.50. The quantitative estimate of drug-likeness (QED) is 0.354. The highest BCUT2D eigenvalue weighted by Crippen LogP contribution is 2.40. The molecular weight excluding hydrogens is 450 g/mol. The van der Waals surface area contributed by atoms with Crippen molar-refractivity contribution in [1.29, 1.82) is 0 Å². The summed E-state index contributed by atoms with van der Waals surface area (Å²) in [7, 11) is -3.81. The van der Waals surface area contributed by atoms with Crippen LogP contribution in [0, 0.1) is 11.3 Å². The van der Waals surface area contributed by atoms with Gasteiger partial charge in [0.15, 0.2) is 6.29 Å². The summed E-state index contributed by atoms with van der Waals surface area (Å²) >= 11 is 0. The number of rotatable bonds is 5. The van der Waals surface area contributed by atoms with E-state index in [2.05, 4.69) is 32.4 Å². The Labute approximate surface area is 199 Å². The highest BCUT2D eigenvalue weighted by molar-refractivity contribution is 7.92. The fourth-order valence-corrected chi connectivity index (χ4v) is 5.87. The first-order chi connectivity index (χ1) is 16.1. The molecule has 34 heavy (non-hydrogen) atoms. The summed E-state index contributed by atoms with van der Waals surface area (Å²) in [5.74, 6) is 0.331. The van der Waals surface area contributed by atoms with E-state index in [9.17, 15) is 8.42 Å². The minimum absolute atomic E-state index is 0.0307. The van der Waals surface area contributed by atoms with Crippen LogP contribution in [0.4, 0.5) is 5.69 Å². The van der Waals surface area contributed by atoms with Crippen molar-refractivity contribution >= 4 is 37.6 Å². The van der Waals surface area contributed by atoms with Crippen molar-refractivity contribution in [2.24, 2.45) is 11.3 Å². The van der Waals surface area contributed by atoms with Gasteiger partial charge in [-0.1, -0.05) is 58.0 Å². The maximum absolute atomic E-state index is 13.2. The minimum atomic E-state index is -3.81. The first-order valence-electron chi connectivity index (χ1n) is 11.5. The molecule has 6 nitrogen and oxygen atoms in total. The highest BCUT2D eigenvalue weighted by atomic mass is 32.2. The second-order valence-corrected chi connectivity index (χ2v) is 11.6. The van der Waals surface area contributed by atoms with Crippen molar-refractivity contribution < 1.29 is 22.3 Å². The van der Waals surface area contributed by atoms with Gasteiger partial charge < -0.3 is 13.9 Å². The lowest BCUT2D eigenvalue weighted by Crippen LogP contribution is -2.45. The van der Waals surface area contributed by atoms with Gasteiger partial charge in [-0.2, -0.15) is 0 Å². The van der Waals surface area contributed by atoms with Gasteiger partial charge in [0.25, 0.3) is 10.0 Å². The SMILES string of the molecule is CC(C)C1OC(c2cccc(NS(=O)(=O)c3ccc4oc5ccccc5c4c3)c2)OCC1(C)C. The average Bonchev–Trinajstić information content (AvgIpc) is 3.16. The molecule has 4 aromatic rings. The Morgan fingerprint density at radius 1 is 0.941 bits per heavy atom. The summed E-state index contributed by atoms with van der Waals surface area (Å²) in [5, 5.41) is 1.64. The number of hydrogen-bond donors (Lipinski definition) is 1. The predicted molar refractivity (Wildman–Crippen MR) is 133 cm³/mol. The van der Waals surface area contributed by atoms with Crippen LogP contribution in [0.15, 0.2) is 76.0 Å². The smallest absolute Gasteiger partial charge is 0.261 e. The Morgan fingerprint density at radius 3 is 2.50 bits per heavy atom. The number of sulfonamides is 1. The molecule has 2 unspecified atom stereocenters. The van der Waals surface area contributed by atoms with E-state index in [1.807, 2.05) is 30.3 Å². The molecule has 1 N–H and O–H groups in total. The summed E-state index contributed by atoms with van der Waals surface area (Å²) < 4.78 is 47.2. The highest BCUT2D eigenvalue weighted by Gasteiger charge is 2.40. The maximum atomic E-state index is 13.2. The predicted octanol–water partition coefficient (Wildman–Crippen LogP) is 6.48. The Bertz CT molecular complexity index is 1450. The zero-order valence-corrected chi connectivity index (χ0v) is 20.6. The van der Waals surface area contributed by atoms with Gasteiger partial charge >= 0.3 is 0 Å². The number of hydrogen-bond acceptors (Lipinski definition) is 5. The van der Waals surface area contributed by atoms with Crippen molar-refractivity contribution in [3.8, 4) is 0 Å². The van der Waals surface area contributed by atoms with Crippen LogP contribution in [-0.2, 0) is 19.5 Å². The fourth-order valence-electron chi connectivity index (χ4n) is 4.80. The average molecular weight is 480 g/mol. The molecule has 0 bridgehead atoms. The molecule has 5 rings (SSSR count). The Hall–Kier alpha value is -2.87. The first-order valence-corrected chi connectivity index (χ1v) is 12.9. The molecule has 1 aliphatic heterocycles. The summed E-state index contributed by atoms with van der Waals surface area (Å²) in [6, 6.07) is 19.7. The molecule has 3 aromatic carbocycles. The van der Waals surface area contributed by atoms with Crippen LogP contribution in [0.25, 0.3) is 21.9 Å². The molecule has 0 aliphatic carbocycles. The van der Waals surface area contributed by atoms with Gasteiger partial charge in [0, 0.05) is 27.4 Å². The normalized spacial score (nSPS) is 20.7. The lowest BCUT2D eigenvalue weighted by Gasteiger charge is -2.44. The monoisotopic (exact) mass is 479 g/mol. The van der Waals surface area contributed by atoms with Crippen LogP contribution in [0.5, 0.6) is 0 Å². The molecule has 0 radical (unpaired) electrons. The number of benzene rings is 3. The third kappa shape index (κ3) is 4.19. The van der Waals surface area contributed by atoms with Crippen LogP contribution < -0.4 is 4.72 Å². The van der Waals surface area contributed by atoms with Crippen molar-refractivity contribution in [2.45, 2.75) is 45.0 Å². The van der Waals surface area contributed by atoms with E-state index in [0.717, 1.165) is 21.9 Å². The Balaban J connectivity index is 1.41. The number of anilines is 1. The van der Waals surface area contributed by atoms with Crippen molar-refractivity contribution in [3.63, 3.8) is 0 Å². The molecule has 7 heteroatoms. The van der Waals surface area contributed by atoms with Crippen molar-refractivity contribution in [1.82, 2.24) is 0 Å². The minimum Gasteiger partial charge on any atom is -0.456 e.